The molecule has 35 heavy (non-hydrogen) atoms. The first-order valence-electron chi connectivity index (χ1n) is 12.8. The molecule has 1 unspecified atom stereocenters. The Labute approximate surface area is 207 Å². The highest BCUT2D eigenvalue weighted by molar-refractivity contribution is 5.91. The van der Waals surface area contributed by atoms with Crippen LogP contribution >= 0.6 is 0 Å². The molecule has 7 nitrogen and oxygen atoms in total. The molecule has 2 aliphatic heterocycles. The van der Waals surface area contributed by atoms with E-state index in [0.717, 1.165) is 49.5 Å². The van der Waals surface area contributed by atoms with E-state index in [1.54, 1.807) is 7.11 Å². The molecular formula is C28H35N3O4. The summed E-state index contributed by atoms with van der Waals surface area (Å²) in [6, 6.07) is 16.1. The predicted molar refractivity (Wildman–Crippen MR) is 135 cm³/mol. The third-order valence-electron chi connectivity index (χ3n) is 7.48. The van der Waals surface area contributed by atoms with Crippen molar-refractivity contribution in [2.75, 3.05) is 31.6 Å². The van der Waals surface area contributed by atoms with Gasteiger partial charge in [-0.3, -0.25) is 9.59 Å². The van der Waals surface area contributed by atoms with Gasteiger partial charge in [-0.2, -0.15) is 0 Å². The maximum Gasteiger partial charge on any atom is 0.245 e. The Morgan fingerprint density at radius 3 is 2.54 bits per heavy atom. The number of rotatable bonds is 7. The second-order valence-electron chi connectivity index (χ2n) is 9.84. The predicted octanol–water partition coefficient (Wildman–Crippen LogP) is 3.56. The van der Waals surface area contributed by atoms with Crippen molar-refractivity contribution in [1.29, 1.82) is 0 Å². The van der Waals surface area contributed by atoms with Gasteiger partial charge in [0.15, 0.2) is 11.5 Å². The van der Waals surface area contributed by atoms with Gasteiger partial charge in [0, 0.05) is 37.8 Å². The van der Waals surface area contributed by atoms with Crippen LogP contribution in [0.5, 0.6) is 11.5 Å². The number of methoxy groups -OCH3 is 1. The monoisotopic (exact) mass is 477 g/mol. The lowest BCUT2D eigenvalue weighted by molar-refractivity contribution is -0.137. The van der Waals surface area contributed by atoms with E-state index in [-0.39, 0.29) is 24.0 Å². The van der Waals surface area contributed by atoms with Crippen LogP contribution in [0.15, 0.2) is 48.5 Å². The van der Waals surface area contributed by atoms with Crippen molar-refractivity contribution in [3.8, 4) is 11.5 Å². The van der Waals surface area contributed by atoms with Crippen molar-refractivity contribution in [2.45, 2.75) is 63.1 Å². The molecule has 7 heteroatoms. The zero-order valence-electron chi connectivity index (χ0n) is 20.4. The molecule has 2 atom stereocenters. The number of anilines is 1. The normalized spacial score (nSPS) is 22.8. The summed E-state index contributed by atoms with van der Waals surface area (Å²) < 4.78 is 11.9. The van der Waals surface area contributed by atoms with Crippen LogP contribution in [0.1, 0.15) is 44.1 Å². The summed E-state index contributed by atoms with van der Waals surface area (Å²) in [5, 5.41) is 2.86. The first-order chi connectivity index (χ1) is 17.1. The number of piperazine rings is 1. The van der Waals surface area contributed by atoms with Gasteiger partial charge in [-0.25, -0.2) is 0 Å². The van der Waals surface area contributed by atoms with Gasteiger partial charge in [0.05, 0.1) is 19.3 Å². The Balaban J connectivity index is 1.36. The maximum atomic E-state index is 13.4. The van der Waals surface area contributed by atoms with Gasteiger partial charge in [0.1, 0.15) is 6.04 Å². The SMILES string of the molecule is COc1ccc(N2CCN(C(=O)[C@@H]3CCC(=O)N3)C(Cc3ccccc3)C2)cc1OC1CCCC1. The van der Waals surface area contributed by atoms with Gasteiger partial charge in [-0.05, 0) is 56.2 Å². The van der Waals surface area contributed by atoms with Crippen LogP contribution in [0.4, 0.5) is 5.69 Å². The van der Waals surface area contributed by atoms with Crippen molar-refractivity contribution < 1.29 is 19.1 Å². The van der Waals surface area contributed by atoms with Gasteiger partial charge >= 0.3 is 0 Å². The largest absolute Gasteiger partial charge is 0.493 e. The number of hydrogen-bond donors (Lipinski definition) is 1. The van der Waals surface area contributed by atoms with Crippen LogP contribution in [-0.2, 0) is 16.0 Å². The highest BCUT2D eigenvalue weighted by atomic mass is 16.5. The van der Waals surface area contributed by atoms with E-state index < -0.39 is 6.04 Å². The summed E-state index contributed by atoms with van der Waals surface area (Å²) >= 11 is 0. The zero-order valence-corrected chi connectivity index (χ0v) is 20.4. The fourth-order valence-electron chi connectivity index (χ4n) is 5.58. The van der Waals surface area contributed by atoms with Crippen molar-refractivity contribution in [1.82, 2.24) is 10.2 Å². The molecule has 2 amide bonds. The second-order valence-corrected chi connectivity index (χ2v) is 9.84. The van der Waals surface area contributed by atoms with Gasteiger partial charge < -0.3 is 24.6 Å². The third-order valence-corrected chi connectivity index (χ3v) is 7.48. The first kappa shape index (κ1) is 23.5. The molecule has 1 saturated carbocycles. The van der Waals surface area contributed by atoms with Crippen molar-refractivity contribution in [3.05, 3.63) is 54.1 Å². The molecule has 1 aliphatic carbocycles. The van der Waals surface area contributed by atoms with E-state index in [9.17, 15) is 9.59 Å². The molecule has 3 aliphatic rings. The van der Waals surface area contributed by atoms with E-state index in [0.29, 0.717) is 19.4 Å². The molecule has 1 N–H and O–H groups in total. The quantitative estimate of drug-likeness (QED) is 0.660. The highest BCUT2D eigenvalue weighted by Gasteiger charge is 2.37. The van der Waals surface area contributed by atoms with Crippen LogP contribution in [0, 0.1) is 0 Å². The van der Waals surface area contributed by atoms with E-state index >= 15 is 0 Å². The smallest absolute Gasteiger partial charge is 0.245 e. The van der Waals surface area contributed by atoms with Crippen LogP contribution in [0.3, 0.4) is 0 Å². The number of carbonyl (C=O) groups is 2. The molecule has 2 aromatic rings. The maximum absolute atomic E-state index is 13.4. The van der Waals surface area contributed by atoms with Crippen molar-refractivity contribution in [2.24, 2.45) is 0 Å². The summed E-state index contributed by atoms with van der Waals surface area (Å²) in [7, 11) is 1.68. The van der Waals surface area contributed by atoms with Crippen LogP contribution in [-0.4, -0.2) is 61.6 Å². The second kappa shape index (κ2) is 10.6. The number of amides is 2. The number of carbonyl (C=O) groups excluding carboxylic acids is 2. The number of hydrogen-bond acceptors (Lipinski definition) is 5. The fraction of sp³-hybridized carbons (Fsp3) is 0.500. The molecule has 186 valence electrons. The lowest BCUT2D eigenvalue weighted by Gasteiger charge is -2.43. The summed E-state index contributed by atoms with van der Waals surface area (Å²) in [5.41, 5.74) is 2.28. The summed E-state index contributed by atoms with van der Waals surface area (Å²) in [5.74, 6) is 1.56. The topological polar surface area (TPSA) is 71.1 Å². The highest BCUT2D eigenvalue weighted by Crippen LogP contribution is 2.36. The summed E-state index contributed by atoms with van der Waals surface area (Å²) in [6.07, 6.45) is 6.63. The Bertz CT molecular complexity index is 1040. The zero-order chi connectivity index (χ0) is 24.2. The Morgan fingerprint density at radius 1 is 1.03 bits per heavy atom. The lowest BCUT2D eigenvalue weighted by atomic mass is 10.00. The fourth-order valence-corrected chi connectivity index (χ4v) is 5.58. The molecule has 5 rings (SSSR count). The molecule has 2 aromatic carbocycles. The summed E-state index contributed by atoms with van der Waals surface area (Å²) in [4.78, 5) is 29.4. The Kier molecular flexibility index (Phi) is 7.11. The van der Waals surface area contributed by atoms with E-state index in [1.807, 2.05) is 29.2 Å². The molecule has 2 heterocycles. The molecule has 3 fully saturated rings. The lowest BCUT2D eigenvalue weighted by Crippen LogP contribution is -2.59. The Morgan fingerprint density at radius 2 is 1.83 bits per heavy atom. The van der Waals surface area contributed by atoms with E-state index in [2.05, 4.69) is 34.5 Å². The van der Waals surface area contributed by atoms with Gasteiger partial charge in [0.25, 0.3) is 0 Å². The number of ether oxygens (including phenoxy) is 2. The molecule has 0 radical (unpaired) electrons. The number of nitrogens with one attached hydrogen (secondary N) is 1. The van der Waals surface area contributed by atoms with Crippen LogP contribution in [0.25, 0.3) is 0 Å². The minimum absolute atomic E-state index is 0.0115. The minimum Gasteiger partial charge on any atom is -0.493 e. The van der Waals surface area contributed by atoms with E-state index in [1.165, 1.54) is 18.4 Å². The average Bonchev–Trinajstić information content (AvgIpc) is 3.56. The van der Waals surface area contributed by atoms with Crippen LogP contribution in [0.2, 0.25) is 0 Å². The number of benzene rings is 2. The number of nitrogens with zero attached hydrogens (tertiary/aromatic N) is 2. The first-order valence-corrected chi connectivity index (χ1v) is 12.8. The molecule has 0 bridgehead atoms. The van der Waals surface area contributed by atoms with Gasteiger partial charge in [0.2, 0.25) is 11.8 Å². The van der Waals surface area contributed by atoms with E-state index in [4.69, 9.17) is 9.47 Å². The standard InChI is InChI=1S/C28H35N3O4/c1-34-25-13-11-21(18-26(25)35-23-9-5-6-10-23)30-15-16-31(28(33)24-12-14-27(32)29-24)22(19-30)17-20-7-3-2-4-8-20/h2-4,7-8,11,13,18,22-24H,5-6,9-10,12,14-17,19H2,1H3,(H,29,32)/t22?,24-/m0/s1. The Hall–Kier alpha value is -3.22. The third kappa shape index (κ3) is 5.39. The van der Waals surface area contributed by atoms with Gasteiger partial charge in [-0.1, -0.05) is 30.3 Å². The molecule has 0 spiro atoms. The van der Waals surface area contributed by atoms with Crippen LogP contribution < -0.4 is 19.7 Å². The minimum atomic E-state index is -0.403. The summed E-state index contributed by atoms with van der Waals surface area (Å²) in [6.45, 7) is 2.07. The van der Waals surface area contributed by atoms with Crippen molar-refractivity contribution >= 4 is 17.5 Å². The molecule has 0 aromatic heterocycles. The van der Waals surface area contributed by atoms with Crippen molar-refractivity contribution in [3.63, 3.8) is 0 Å². The molecule has 2 saturated heterocycles. The average molecular weight is 478 g/mol. The molecular weight excluding hydrogens is 442 g/mol. The van der Waals surface area contributed by atoms with Gasteiger partial charge in [-0.15, -0.1) is 0 Å².